The number of nitrogen functional groups attached to an aromatic ring is 1. The van der Waals surface area contributed by atoms with Gasteiger partial charge >= 0.3 is 0 Å². The molecule has 142 valence electrons. The number of halogens is 4. The lowest BCUT2D eigenvalue weighted by Gasteiger charge is -2.03. The average Bonchev–Trinajstić information content (AvgIpc) is 2.68. The molecule has 0 atom stereocenters. The van der Waals surface area contributed by atoms with Crippen LogP contribution in [0.4, 0.5) is 20.2 Å². The van der Waals surface area contributed by atoms with E-state index in [2.05, 4.69) is 9.97 Å². The third-order valence-electron chi connectivity index (χ3n) is 3.84. The predicted octanol–water partition coefficient (Wildman–Crippen LogP) is 5.55. The van der Waals surface area contributed by atoms with E-state index in [4.69, 9.17) is 28.9 Å². The van der Waals surface area contributed by atoms with Gasteiger partial charge in [0.25, 0.3) is 5.69 Å². The third-order valence-corrected chi connectivity index (χ3v) is 4.44. The molecule has 0 unspecified atom stereocenters. The van der Waals surface area contributed by atoms with Crippen LogP contribution in [0.2, 0.25) is 10.3 Å². The fourth-order valence-corrected chi connectivity index (χ4v) is 3.03. The molecule has 2 N–H and O–H groups in total. The van der Waals surface area contributed by atoms with Crippen LogP contribution in [0.3, 0.4) is 0 Å². The highest BCUT2D eigenvalue weighted by atomic mass is 35.5. The van der Waals surface area contributed by atoms with Crippen molar-refractivity contribution in [1.82, 2.24) is 9.97 Å². The second-order valence-corrected chi connectivity index (χ2v) is 6.24. The molecule has 0 radical (unpaired) electrons. The Hall–Kier alpha value is -3.10. The smallest absolute Gasteiger partial charge is 0.280 e. The van der Waals surface area contributed by atoms with Crippen LogP contribution >= 0.6 is 23.2 Å². The number of aromatic nitrogens is 2. The van der Waals surface area contributed by atoms with E-state index in [0.29, 0.717) is 16.5 Å². The Labute approximate surface area is 166 Å². The summed E-state index contributed by atoms with van der Waals surface area (Å²) < 4.78 is 26.6. The van der Waals surface area contributed by atoms with Gasteiger partial charge in [-0.2, -0.15) is 0 Å². The first kappa shape index (κ1) is 19.7. The molecule has 0 saturated heterocycles. The number of nitro benzene ring substituents is 1. The highest BCUT2D eigenvalue weighted by Crippen LogP contribution is 2.31. The zero-order chi connectivity index (χ0) is 20.4. The monoisotopic (exact) mass is 422 g/mol. The Bertz CT molecular complexity index is 1210. The maximum atomic E-state index is 13.4. The van der Waals surface area contributed by atoms with Crippen LogP contribution < -0.4 is 5.73 Å². The van der Waals surface area contributed by atoms with E-state index in [1.54, 1.807) is 18.2 Å². The molecule has 10 heteroatoms. The molecule has 0 aliphatic rings. The van der Waals surface area contributed by atoms with Crippen LogP contribution in [-0.2, 0) is 0 Å². The highest BCUT2D eigenvalue weighted by molar-refractivity contribution is 6.35. The standard InChI is InChI=1S/C9H4ClFN2O2.C9H6ClFN2/c10-9-5-2-1-3-7(13(14)15)8(5)6(11)4-12-9;10-9-5-2-1-3-7(12)8(5)6(11)4-13-9/h1-4H;1-4H,12H2. The lowest BCUT2D eigenvalue weighted by Crippen LogP contribution is -1.93. The maximum absolute atomic E-state index is 13.4. The molecule has 28 heavy (non-hydrogen) atoms. The minimum atomic E-state index is -0.748. The summed E-state index contributed by atoms with van der Waals surface area (Å²) >= 11 is 11.5. The van der Waals surface area contributed by atoms with E-state index in [1.165, 1.54) is 18.2 Å². The van der Waals surface area contributed by atoms with Crippen LogP contribution in [0.25, 0.3) is 21.5 Å². The summed E-state index contributed by atoms with van der Waals surface area (Å²) in [6.07, 6.45) is 1.94. The summed E-state index contributed by atoms with van der Waals surface area (Å²) in [6.45, 7) is 0. The number of non-ortho nitro benzene ring substituents is 1. The van der Waals surface area contributed by atoms with E-state index in [9.17, 15) is 18.9 Å². The van der Waals surface area contributed by atoms with Crippen molar-refractivity contribution in [2.24, 2.45) is 0 Å². The molecule has 0 fully saturated rings. The molecule has 0 amide bonds. The first-order valence-corrected chi connectivity index (χ1v) is 8.42. The summed E-state index contributed by atoms with van der Waals surface area (Å²) in [7, 11) is 0. The van der Waals surface area contributed by atoms with E-state index in [0.717, 1.165) is 12.4 Å². The van der Waals surface area contributed by atoms with Gasteiger partial charge < -0.3 is 5.73 Å². The SMILES string of the molecule is Nc1cccc2c(Cl)ncc(F)c12.O=[N+]([O-])c1cccc2c(Cl)ncc(F)c12. The normalized spacial score (nSPS) is 10.6. The fraction of sp³-hybridized carbons (Fsp3) is 0. The van der Waals surface area contributed by atoms with Crippen molar-refractivity contribution in [3.05, 3.63) is 80.8 Å². The first-order valence-electron chi connectivity index (χ1n) is 7.66. The molecule has 0 saturated carbocycles. The van der Waals surface area contributed by atoms with Gasteiger partial charge in [0.15, 0.2) is 11.6 Å². The molecule has 4 aromatic rings. The largest absolute Gasteiger partial charge is 0.398 e. The number of fused-ring (bicyclic) bond motifs is 2. The van der Waals surface area contributed by atoms with Gasteiger partial charge in [-0.3, -0.25) is 10.1 Å². The van der Waals surface area contributed by atoms with Crippen molar-refractivity contribution >= 4 is 56.1 Å². The lowest BCUT2D eigenvalue weighted by atomic mass is 10.1. The molecule has 2 heterocycles. The summed E-state index contributed by atoms with van der Waals surface area (Å²) in [4.78, 5) is 17.3. The minimum Gasteiger partial charge on any atom is -0.398 e. The zero-order valence-electron chi connectivity index (χ0n) is 13.9. The summed E-state index contributed by atoms with van der Waals surface area (Å²) in [6, 6.07) is 9.17. The zero-order valence-corrected chi connectivity index (χ0v) is 15.4. The van der Waals surface area contributed by atoms with Gasteiger partial charge in [0.05, 0.1) is 22.7 Å². The number of hydrogen-bond donors (Lipinski definition) is 1. The van der Waals surface area contributed by atoms with Gasteiger partial charge in [0.1, 0.15) is 10.3 Å². The second kappa shape index (κ2) is 7.87. The Kier molecular flexibility index (Phi) is 5.53. The number of hydrogen-bond acceptors (Lipinski definition) is 5. The number of benzene rings is 2. The first-order chi connectivity index (χ1) is 13.3. The quantitative estimate of drug-likeness (QED) is 0.188. The topological polar surface area (TPSA) is 94.9 Å². The molecule has 4 rings (SSSR count). The van der Waals surface area contributed by atoms with Crippen LogP contribution in [0.1, 0.15) is 0 Å². The Balaban J connectivity index is 0.000000162. The molecule has 6 nitrogen and oxygen atoms in total. The molecule has 0 spiro atoms. The molecule has 0 aliphatic carbocycles. The van der Waals surface area contributed by atoms with Crippen molar-refractivity contribution in [3.63, 3.8) is 0 Å². The minimum absolute atomic E-state index is 0.0510. The van der Waals surface area contributed by atoms with Crippen LogP contribution in [-0.4, -0.2) is 14.9 Å². The summed E-state index contributed by atoms with van der Waals surface area (Å²) in [5.41, 5.74) is 5.66. The Morgan fingerprint density at radius 2 is 1.39 bits per heavy atom. The van der Waals surface area contributed by atoms with Gasteiger partial charge in [-0.05, 0) is 6.07 Å². The number of anilines is 1. The summed E-state index contributed by atoms with van der Waals surface area (Å²) in [5, 5.41) is 12.0. The van der Waals surface area contributed by atoms with E-state index < -0.39 is 16.6 Å². The molecular weight excluding hydrogens is 413 g/mol. The Morgan fingerprint density at radius 3 is 1.93 bits per heavy atom. The maximum Gasteiger partial charge on any atom is 0.280 e. The van der Waals surface area contributed by atoms with Crippen LogP contribution in [0, 0.1) is 21.7 Å². The highest BCUT2D eigenvalue weighted by Gasteiger charge is 2.17. The number of nitrogens with two attached hydrogens (primary N) is 1. The van der Waals surface area contributed by atoms with Crippen molar-refractivity contribution in [3.8, 4) is 0 Å². The van der Waals surface area contributed by atoms with Crippen LogP contribution in [0.5, 0.6) is 0 Å². The van der Waals surface area contributed by atoms with Gasteiger partial charge in [-0.1, -0.05) is 47.5 Å². The molecule has 0 bridgehead atoms. The van der Waals surface area contributed by atoms with Gasteiger partial charge in [0, 0.05) is 27.9 Å². The van der Waals surface area contributed by atoms with Crippen molar-refractivity contribution in [2.75, 3.05) is 5.73 Å². The van der Waals surface area contributed by atoms with Gasteiger partial charge in [-0.15, -0.1) is 0 Å². The number of pyridine rings is 2. The van der Waals surface area contributed by atoms with E-state index >= 15 is 0 Å². The van der Waals surface area contributed by atoms with Crippen molar-refractivity contribution in [1.29, 1.82) is 0 Å². The third kappa shape index (κ3) is 3.64. The van der Waals surface area contributed by atoms with E-state index in [-0.39, 0.29) is 26.8 Å². The number of rotatable bonds is 1. The summed E-state index contributed by atoms with van der Waals surface area (Å²) in [5.74, 6) is -1.20. The molecule has 0 aliphatic heterocycles. The van der Waals surface area contributed by atoms with E-state index in [1.807, 2.05) is 0 Å². The lowest BCUT2D eigenvalue weighted by molar-refractivity contribution is -0.383. The average molecular weight is 423 g/mol. The van der Waals surface area contributed by atoms with Gasteiger partial charge in [0.2, 0.25) is 0 Å². The fourth-order valence-electron chi connectivity index (χ4n) is 2.62. The van der Waals surface area contributed by atoms with Gasteiger partial charge in [-0.25, -0.2) is 18.7 Å². The molecule has 2 aromatic heterocycles. The predicted molar refractivity (Wildman–Crippen MR) is 104 cm³/mol. The number of nitro groups is 1. The van der Waals surface area contributed by atoms with Crippen molar-refractivity contribution in [2.45, 2.75) is 0 Å². The second-order valence-electron chi connectivity index (χ2n) is 5.52. The number of nitrogens with zero attached hydrogens (tertiary/aromatic N) is 3. The molecular formula is C18H10Cl2F2N4O2. The van der Waals surface area contributed by atoms with Crippen molar-refractivity contribution < 1.29 is 13.7 Å². The molecule has 2 aromatic carbocycles. The Morgan fingerprint density at radius 1 is 0.893 bits per heavy atom. The van der Waals surface area contributed by atoms with Crippen LogP contribution in [0.15, 0.2) is 48.8 Å².